The second kappa shape index (κ2) is 10.4. The molecule has 0 saturated heterocycles. The minimum atomic E-state index is -3.93. The second-order valence-electron chi connectivity index (χ2n) is 7.67. The molecule has 3 amide bonds. The molecule has 176 valence electrons. The minimum Gasteiger partial charge on any atom is -0.355 e. The topological polar surface area (TPSA) is 104 Å². The Balaban J connectivity index is 1.71. The molecular weight excluding hydrogens is 466 g/mol. The number of nitrogens with one attached hydrogen (secondary N) is 1. The van der Waals surface area contributed by atoms with Gasteiger partial charge in [0.2, 0.25) is 11.8 Å². The zero-order valence-corrected chi connectivity index (χ0v) is 20.0. The Hall–Kier alpha value is -2.91. The summed E-state index contributed by atoms with van der Waals surface area (Å²) >= 11 is 6.25. The second-order valence-corrected chi connectivity index (χ2v) is 9.90. The molecule has 0 fully saturated rings. The summed E-state index contributed by atoms with van der Waals surface area (Å²) in [6.07, 6.45) is 0.0861. The van der Waals surface area contributed by atoms with Crippen molar-refractivity contribution in [2.45, 2.75) is 44.2 Å². The number of hydrogen-bond donors (Lipinski definition) is 1. The lowest BCUT2D eigenvalue weighted by atomic mass is 10.1. The molecule has 1 heterocycles. The molecule has 0 aliphatic carbocycles. The van der Waals surface area contributed by atoms with E-state index in [1.807, 2.05) is 0 Å². The highest BCUT2D eigenvalue weighted by molar-refractivity contribution is 7.90. The van der Waals surface area contributed by atoms with Gasteiger partial charge in [-0.3, -0.25) is 14.4 Å². The fourth-order valence-electron chi connectivity index (χ4n) is 3.68. The van der Waals surface area contributed by atoms with E-state index in [1.54, 1.807) is 50.2 Å². The van der Waals surface area contributed by atoms with Crippen molar-refractivity contribution in [3.05, 3.63) is 64.7 Å². The van der Waals surface area contributed by atoms with Crippen LogP contribution in [-0.2, 0) is 26.2 Å². The fraction of sp³-hybridized carbons (Fsp3) is 0.348. The summed E-state index contributed by atoms with van der Waals surface area (Å²) in [5.74, 6) is -1.23. The van der Waals surface area contributed by atoms with Gasteiger partial charge in [-0.2, -0.15) is 0 Å². The number of likely N-dealkylation sites (N-methyl/N-ethyl adjacent to an activating group) is 1. The van der Waals surface area contributed by atoms with Crippen LogP contribution in [0.4, 0.5) is 0 Å². The van der Waals surface area contributed by atoms with Crippen LogP contribution in [0.1, 0.15) is 42.6 Å². The molecule has 0 bridgehead atoms. The van der Waals surface area contributed by atoms with Crippen molar-refractivity contribution in [3.63, 3.8) is 0 Å². The number of carbonyl (C=O) groups excluding carboxylic acids is 3. The third-order valence-corrected chi connectivity index (χ3v) is 7.69. The molecule has 1 aliphatic rings. The van der Waals surface area contributed by atoms with Crippen molar-refractivity contribution in [2.75, 3.05) is 13.1 Å². The minimum absolute atomic E-state index is 0.0217. The van der Waals surface area contributed by atoms with Crippen molar-refractivity contribution in [2.24, 2.45) is 0 Å². The SMILES string of the molecule is CCNC(=O)[C@H](C)N(Cc1ccccc1Cl)C(=O)CCCN1C(=O)c2ccccc2S1(=O)=O. The third kappa shape index (κ3) is 5.20. The van der Waals surface area contributed by atoms with Gasteiger partial charge in [0.05, 0.1) is 5.56 Å². The van der Waals surface area contributed by atoms with Crippen LogP contribution < -0.4 is 5.32 Å². The van der Waals surface area contributed by atoms with Gasteiger partial charge in [0, 0.05) is 31.1 Å². The lowest BCUT2D eigenvalue weighted by Crippen LogP contribution is -2.47. The van der Waals surface area contributed by atoms with Crippen LogP contribution in [0.25, 0.3) is 0 Å². The first-order chi connectivity index (χ1) is 15.7. The average molecular weight is 492 g/mol. The molecule has 0 radical (unpaired) electrons. The van der Waals surface area contributed by atoms with Gasteiger partial charge < -0.3 is 10.2 Å². The molecule has 0 spiro atoms. The van der Waals surface area contributed by atoms with E-state index in [-0.39, 0.29) is 48.2 Å². The van der Waals surface area contributed by atoms with E-state index in [0.29, 0.717) is 17.1 Å². The maximum Gasteiger partial charge on any atom is 0.269 e. The number of hydrogen-bond acceptors (Lipinski definition) is 5. The van der Waals surface area contributed by atoms with Crippen LogP contribution in [0.15, 0.2) is 53.4 Å². The van der Waals surface area contributed by atoms with Crippen molar-refractivity contribution >= 4 is 39.3 Å². The smallest absolute Gasteiger partial charge is 0.269 e. The highest BCUT2D eigenvalue weighted by Crippen LogP contribution is 2.30. The summed E-state index contributed by atoms with van der Waals surface area (Å²) in [4.78, 5) is 39.5. The molecule has 1 atom stereocenters. The zero-order chi connectivity index (χ0) is 24.2. The van der Waals surface area contributed by atoms with Crippen LogP contribution in [0.3, 0.4) is 0 Å². The summed E-state index contributed by atoms with van der Waals surface area (Å²) in [6, 6.07) is 12.3. The van der Waals surface area contributed by atoms with Gasteiger partial charge >= 0.3 is 0 Å². The van der Waals surface area contributed by atoms with Gasteiger partial charge in [-0.25, -0.2) is 12.7 Å². The van der Waals surface area contributed by atoms with Crippen molar-refractivity contribution in [1.29, 1.82) is 0 Å². The van der Waals surface area contributed by atoms with E-state index in [4.69, 9.17) is 11.6 Å². The summed E-state index contributed by atoms with van der Waals surface area (Å²) < 4.78 is 26.2. The number of benzene rings is 2. The van der Waals surface area contributed by atoms with Crippen molar-refractivity contribution in [1.82, 2.24) is 14.5 Å². The van der Waals surface area contributed by atoms with Crippen LogP contribution in [0, 0.1) is 0 Å². The lowest BCUT2D eigenvalue weighted by Gasteiger charge is -2.29. The van der Waals surface area contributed by atoms with Gasteiger partial charge in [0.15, 0.2) is 0 Å². The number of sulfonamides is 1. The predicted octanol–water partition coefficient (Wildman–Crippen LogP) is 2.82. The molecule has 2 aromatic carbocycles. The summed E-state index contributed by atoms with van der Waals surface area (Å²) in [5.41, 5.74) is 0.824. The molecule has 8 nitrogen and oxygen atoms in total. The van der Waals surface area contributed by atoms with Gasteiger partial charge in [-0.1, -0.05) is 41.9 Å². The summed E-state index contributed by atoms with van der Waals surface area (Å²) in [7, 11) is -3.93. The Morgan fingerprint density at radius 2 is 1.79 bits per heavy atom. The molecule has 10 heteroatoms. The van der Waals surface area contributed by atoms with E-state index in [0.717, 1.165) is 4.31 Å². The standard InChI is InChI=1S/C23H26ClN3O5S/c1-3-25-22(29)16(2)26(15-17-9-4-6-11-19(17)24)21(28)13-8-14-27-23(30)18-10-5-7-12-20(18)33(27,31)32/h4-7,9-12,16H,3,8,13-15H2,1-2H3,(H,25,29)/t16-/m0/s1. The van der Waals surface area contributed by atoms with E-state index in [1.165, 1.54) is 17.0 Å². The monoisotopic (exact) mass is 491 g/mol. The van der Waals surface area contributed by atoms with Crippen LogP contribution in [0.2, 0.25) is 5.02 Å². The van der Waals surface area contributed by atoms with E-state index >= 15 is 0 Å². The fourth-order valence-corrected chi connectivity index (χ4v) is 5.49. The maximum atomic E-state index is 13.1. The predicted molar refractivity (Wildman–Crippen MR) is 124 cm³/mol. The molecule has 0 unspecified atom stereocenters. The van der Waals surface area contributed by atoms with E-state index in [9.17, 15) is 22.8 Å². The molecule has 1 N–H and O–H groups in total. The number of nitrogens with zero attached hydrogens (tertiary/aromatic N) is 2. The number of rotatable bonds is 9. The van der Waals surface area contributed by atoms with Crippen molar-refractivity contribution in [3.8, 4) is 0 Å². The summed E-state index contributed by atoms with van der Waals surface area (Å²) in [6.45, 7) is 3.84. The number of fused-ring (bicyclic) bond motifs is 1. The highest BCUT2D eigenvalue weighted by Gasteiger charge is 2.40. The van der Waals surface area contributed by atoms with E-state index in [2.05, 4.69) is 5.32 Å². The third-order valence-electron chi connectivity index (χ3n) is 5.48. The Morgan fingerprint density at radius 3 is 2.45 bits per heavy atom. The average Bonchev–Trinajstić information content (AvgIpc) is 2.99. The van der Waals surface area contributed by atoms with Gasteiger partial charge in [0.25, 0.3) is 15.9 Å². The molecule has 0 aromatic heterocycles. The molecule has 2 aromatic rings. The number of halogens is 1. The Kier molecular flexibility index (Phi) is 7.76. The molecule has 33 heavy (non-hydrogen) atoms. The summed E-state index contributed by atoms with van der Waals surface area (Å²) in [5, 5.41) is 3.19. The first-order valence-corrected chi connectivity index (χ1v) is 12.5. The number of carbonyl (C=O) groups is 3. The zero-order valence-electron chi connectivity index (χ0n) is 18.5. The molecule has 3 rings (SSSR count). The lowest BCUT2D eigenvalue weighted by molar-refractivity contribution is -0.140. The molecular formula is C23H26ClN3O5S. The first kappa shape index (κ1) is 24.7. The van der Waals surface area contributed by atoms with Gasteiger partial charge in [-0.15, -0.1) is 0 Å². The van der Waals surface area contributed by atoms with Crippen LogP contribution in [-0.4, -0.2) is 54.5 Å². The largest absolute Gasteiger partial charge is 0.355 e. The maximum absolute atomic E-state index is 13.1. The van der Waals surface area contributed by atoms with E-state index < -0.39 is 22.0 Å². The quantitative estimate of drug-likeness (QED) is 0.581. The van der Waals surface area contributed by atoms with Gasteiger partial charge in [0.1, 0.15) is 10.9 Å². The van der Waals surface area contributed by atoms with Crippen LogP contribution in [0.5, 0.6) is 0 Å². The first-order valence-electron chi connectivity index (χ1n) is 10.6. The highest BCUT2D eigenvalue weighted by atomic mass is 35.5. The Bertz CT molecular complexity index is 1170. The normalized spacial score (nSPS) is 15.1. The Labute approximate surface area is 198 Å². The Morgan fingerprint density at radius 1 is 1.12 bits per heavy atom. The van der Waals surface area contributed by atoms with Gasteiger partial charge in [-0.05, 0) is 44.0 Å². The number of amides is 3. The van der Waals surface area contributed by atoms with Crippen molar-refractivity contribution < 1.29 is 22.8 Å². The molecule has 0 saturated carbocycles. The van der Waals surface area contributed by atoms with Crippen LogP contribution >= 0.6 is 11.6 Å². The molecule has 1 aliphatic heterocycles.